The quantitative estimate of drug-likeness (QED) is 0.227. The Morgan fingerprint density at radius 2 is 1.33 bits per heavy atom. The summed E-state index contributed by atoms with van der Waals surface area (Å²) in [6.07, 6.45) is 10.6. The number of allylic oxidation sites excluding steroid dienone is 1. The van der Waals surface area contributed by atoms with Crippen molar-refractivity contribution in [3.8, 4) is 0 Å². The predicted molar refractivity (Wildman–Crippen MR) is 166 cm³/mol. The first-order valence-corrected chi connectivity index (χ1v) is 14.5. The van der Waals surface area contributed by atoms with Crippen molar-refractivity contribution in [1.82, 2.24) is 0 Å². The third-order valence-corrected chi connectivity index (χ3v) is 8.63. The summed E-state index contributed by atoms with van der Waals surface area (Å²) in [6.45, 7) is 4.57. The molecule has 0 aliphatic carbocycles. The highest BCUT2D eigenvalue weighted by Gasteiger charge is 2.50. The van der Waals surface area contributed by atoms with Crippen molar-refractivity contribution in [2.24, 2.45) is 0 Å². The lowest BCUT2D eigenvalue weighted by Crippen LogP contribution is -2.39. The van der Waals surface area contributed by atoms with E-state index in [2.05, 4.69) is 139 Å². The lowest BCUT2D eigenvalue weighted by Gasteiger charge is -2.29. The lowest BCUT2D eigenvalue weighted by molar-refractivity contribution is -0.401. The summed E-state index contributed by atoms with van der Waals surface area (Å²) in [7, 11) is 2.24. The molecule has 0 unspecified atom stereocenters. The highest BCUT2D eigenvalue weighted by atomic mass is 15.1. The normalized spacial score (nSPS) is 16.6. The minimum atomic E-state index is -0.164. The SMILES string of the molecule is Cc1ccc2c(c1)C(Cc1ccccc1)(Cc1ccccc1)C(C=Cc1ccc(N3CCCCC3)cc1)=[N+]2C. The molecule has 0 spiro atoms. The van der Waals surface area contributed by atoms with Gasteiger partial charge in [0, 0.05) is 36.5 Å². The molecular formula is C37H39N2+. The Labute approximate surface area is 234 Å². The van der Waals surface area contributed by atoms with Crippen LogP contribution in [0.2, 0.25) is 0 Å². The van der Waals surface area contributed by atoms with Crippen LogP contribution in [0, 0.1) is 6.92 Å². The van der Waals surface area contributed by atoms with Gasteiger partial charge in [0.1, 0.15) is 7.05 Å². The Morgan fingerprint density at radius 3 is 1.95 bits per heavy atom. The second kappa shape index (κ2) is 11.1. The maximum Gasteiger partial charge on any atom is 0.209 e. The standard InChI is InChI=1S/C37H39N2/c1-29-16-22-35-34(26-29)37(27-31-12-6-3-7-13-31,28-32-14-8-4-9-15-32)36(38(35)2)23-19-30-17-20-33(21-18-30)39-24-10-5-11-25-39/h3-4,6-9,12-23,26H,5,10-11,24-25,27-28H2,1-2H3/q+1. The molecule has 0 bridgehead atoms. The molecule has 2 heterocycles. The first-order chi connectivity index (χ1) is 19.1. The second-order valence-electron chi connectivity index (χ2n) is 11.3. The van der Waals surface area contributed by atoms with Gasteiger partial charge in [-0.25, -0.2) is 0 Å². The van der Waals surface area contributed by atoms with Gasteiger partial charge in [-0.05, 0) is 80.0 Å². The summed E-state index contributed by atoms with van der Waals surface area (Å²) in [5.41, 5.74) is 10.6. The summed E-state index contributed by atoms with van der Waals surface area (Å²) >= 11 is 0. The summed E-state index contributed by atoms with van der Waals surface area (Å²) < 4.78 is 2.43. The fourth-order valence-electron chi connectivity index (χ4n) is 6.63. The minimum Gasteiger partial charge on any atom is -0.372 e. The van der Waals surface area contributed by atoms with Crippen molar-refractivity contribution in [1.29, 1.82) is 0 Å². The van der Waals surface area contributed by atoms with Crippen molar-refractivity contribution in [3.63, 3.8) is 0 Å². The van der Waals surface area contributed by atoms with Crippen LogP contribution in [0.1, 0.15) is 47.1 Å². The van der Waals surface area contributed by atoms with Crippen LogP contribution in [0.5, 0.6) is 0 Å². The Balaban J connectivity index is 1.42. The number of piperidine rings is 1. The molecule has 1 saturated heterocycles. The average Bonchev–Trinajstić information content (AvgIpc) is 3.19. The van der Waals surface area contributed by atoms with E-state index in [1.165, 1.54) is 77.3 Å². The van der Waals surface area contributed by atoms with Gasteiger partial charge >= 0.3 is 0 Å². The van der Waals surface area contributed by atoms with E-state index in [9.17, 15) is 0 Å². The first-order valence-electron chi connectivity index (χ1n) is 14.5. The smallest absolute Gasteiger partial charge is 0.209 e. The maximum absolute atomic E-state index is 2.53. The Bertz CT molecular complexity index is 1430. The van der Waals surface area contributed by atoms with Gasteiger partial charge in [-0.2, -0.15) is 4.58 Å². The summed E-state index contributed by atoms with van der Waals surface area (Å²) in [4.78, 5) is 2.53. The van der Waals surface area contributed by atoms with E-state index in [4.69, 9.17) is 0 Å². The predicted octanol–water partition coefficient (Wildman–Crippen LogP) is 8.15. The Hall–Kier alpha value is -3.91. The Morgan fingerprint density at radius 1 is 0.718 bits per heavy atom. The van der Waals surface area contributed by atoms with Crippen LogP contribution in [0.4, 0.5) is 11.4 Å². The average molecular weight is 512 g/mol. The minimum absolute atomic E-state index is 0.164. The van der Waals surface area contributed by atoms with Crippen LogP contribution in [-0.2, 0) is 18.3 Å². The van der Waals surface area contributed by atoms with E-state index >= 15 is 0 Å². The molecule has 6 rings (SSSR count). The molecule has 0 saturated carbocycles. The molecule has 39 heavy (non-hydrogen) atoms. The summed E-state index contributed by atoms with van der Waals surface area (Å²) in [6, 6.07) is 38.2. The van der Waals surface area contributed by atoms with E-state index < -0.39 is 0 Å². The van der Waals surface area contributed by atoms with Crippen LogP contribution in [-0.4, -0.2) is 30.4 Å². The fourth-order valence-corrected chi connectivity index (χ4v) is 6.63. The molecule has 4 aromatic carbocycles. The fraction of sp³-hybridized carbons (Fsp3) is 0.270. The number of benzene rings is 4. The van der Waals surface area contributed by atoms with Crippen LogP contribution in [0.15, 0.2) is 109 Å². The van der Waals surface area contributed by atoms with Crippen molar-refractivity contribution >= 4 is 23.2 Å². The molecule has 0 atom stereocenters. The molecule has 1 fully saturated rings. The molecule has 2 aliphatic heterocycles. The molecule has 2 heteroatoms. The van der Waals surface area contributed by atoms with Gasteiger partial charge in [0.2, 0.25) is 5.69 Å². The van der Waals surface area contributed by atoms with Crippen LogP contribution in [0.3, 0.4) is 0 Å². The van der Waals surface area contributed by atoms with Crippen LogP contribution >= 0.6 is 0 Å². The summed E-state index contributed by atoms with van der Waals surface area (Å²) in [5, 5.41) is 0. The molecule has 0 aromatic heterocycles. The van der Waals surface area contributed by atoms with Crippen LogP contribution in [0.25, 0.3) is 6.08 Å². The van der Waals surface area contributed by atoms with Crippen molar-refractivity contribution in [2.75, 3.05) is 25.0 Å². The number of hydrogen-bond acceptors (Lipinski definition) is 1. The monoisotopic (exact) mass is 511 g/mol. The number of nitrogens with zero attached hydrogens (tertiary/aromatic N) is 2. The van der Waals surface area contributed by atoms with Gasteiger partial charge in [0.15, 0.2) is 5.71 Å². The van der Waals surface area contributed by atoms with E-state index in [1.54, 1.807) is 0 Å². The molecule has 2 aliphatic rings. The highest BCUT2D eigenvalue weighted by Crippen LogP contribution is 2.45. The van der Waals surface area contributed by atoms with Crippen molar-refractivity contribution < 1.29 is 4.58 Å². The summed E-state index contributed by atoms with van der Waals surface area (Å²) in [5.74, 6) is 0. The van der Waals surface area contributed by atoms with Gasteiger partial charge in [-0.1, -0.05) is 84.4 Å². The molecular weight excluding hydrogens is 472 g/mol. The third kappa shape index (κ3) is 5.21. The number of aryl methyl sites for hydroxylation is 1. The molecule has 4 aromatic rings. The van der Waals surface area contributed by atoms with Crippen molar-refractivity contribution in [2.45, 2.75) is 44.4 Å². The van der Waals surface area contributed by atoms with E-state index in [0.29, 0.717) is 0 Å². The number of hydrogen-bond donors (Lipinski definition) is 0. The number of fused-ring (bicyclic) bond motifs is 1. The van der Waals surface area contributed by atoms with Gasteiger partial charge in [0.25, 0.3) is 0 Å². The van der Waals surface area contributed by atoms with Crippen molar-refractivity contribution in [3.05, 3.63) is 137 Å². The van der Waals surface area contributed by atoms with E-state index in [-0.39, 0.29) is 5.41 Å². The highest BCUT2D eigenvalue weighted by molar-refractivity contribution is 6.06. The van der Waals surface area contributed by atoms with Crippen LogP contribution < -0.4 is 4.90 Å². The number of anilines is 1. The van der Waals surface area contributed by atoms with Gasteiger partial charge in [-0.15, -0.1) is 0 Å². The first kappa shape index (κ1) is 25.4. The topological polar surface area (TPSA) is 6.25 Å². The van der Waals surface area contributed by atoms with E-state index in [0.717, 1.165) is 12.8 Å². The second-order valence-corrected chi connectivity index (χ2v) is 11.3. The van der Waals surface area contributed by atoms with E-state index in [1.807, 2.05) is 0 Å². The Kier molecular flexibility index (Phi) is 7.20. The zero-order chi connectivity index (χ0) is 26.7. The maximum atomic E-state index is 2.53. The third-order valence-electron chi connectivity index (χ3n) is 8.63. The lowest BCUT2D eigenvalue weighted by atomic mass is 9.68. The van der Waals surface area contributed by atoms with Gasteiger partial charge in [0.05, 0.1) is 5.41 Å². The van der Waals surface area contributed by atoms with Gasteiger partial charge < -0.3 is 4.90 Å². The largest absolute Gasteiger partial charge is 0.372 e. The number of rotatable bonds is 7. The zero-order valence-corrected chi connectivity index (χ0v) is 23.3. The zero-order valence-electron chi connectivity index (χ0n) is 23.3. The molecule has 2 nitrogen and oxygen atoms in total. The van der Waals surface area contributed by atoms with Gasteiger partial charge in [-0.3, -0.25) is 0 Å². The molecule has 0 radical (unpaired) electrons. The molecule has 0 N–H and O–H groups in total. The molecule has 0 amide bonds. The molecule has 196 valence electrons.